The number of carbonyl (C=O) groups is 3. The quantitative estimate of drug-likeness (QED) is 0.483. The minimum Gasteiger partial charge on any atom is -0.484 e. The molecule has 34 heavy (non-hydrogen) atoms. The molecule has 1 atom stereocenters. The van der Waals surface area contributed by atoms with Gasteiger partial charge in [-0.2, -0.15) is 0 Å². The van der Waals surface area contributed by atoms with Gasteiger partial charge in [0, 0.05) is 34.2 Å². The summed E-state index contributed by atoms with van der Waals surface area (Å²) in [5, 5.41) is 8.18. The highest BCUT2D eigenvalue weighted by Crippen LogP contribution is 2.27. The number of amides is 3. The van der Waals surface area contributed by atoms with Gasteiger partial charge in [-0.15, -0.1) is 11.3 Å². The molecule has 0 aliphatic carbocycles. The van der Waals surface area contributed by atoms with E-state index in [-0.39, 0.29) is 36.7 Å². The number of halogens is 1. The van der Waals surface area contributed by atoms with Gasteiger partial charge in [0.2, 0.25) is 11.8 Å². The average Bonchev–Trinajstić information content (AvgIpc) is 3.49. The van der Waals surface area contributed by atoms with Gasteiger partial charge in [0.25, 0.3) is 5.91 Å². The molecule has 1 aliphatic rings. The van der Waals surface area contributed by atoms with E-state index in [4.69, 9.17) is 16.3 Å². The van der Waals surface area contributed by atoms with E-state index in [9.17, 15) is 14.4 Å². The molecular formula is C25H24ClN3O4S. The lowest BCUT2D eigenvalue weighted by Crippen LogP contribution is -2.32. The van der Waals surface area contributed by atoms with E-state index in [1.807, 2.05) is 30.5 Å². The summed E-state index contributed by atoms with van der Waals surface area (Å²) < 4.78 is 5.55. The van der Waals surface area contributed by atoms with Gasteiger partial charge in [0.15, 0.2) is 6.61 Å². The molecular weight excluding hydrogens is 474 g/mol. The summed E-state index contributed by atoms with van der Waals surface area (Å²) in [6, 6.07) is 16.1. The molecule has 9 heteroatoms. The highest BCUT2D eigenvalue weighted by atomic mass is 35.5. The standard InChI is InChI=1S/C25H24ClN3O4S/c1-16-4-5-18(12-22(16)26)28-23(30)15-33-20-8-6-19(7-9-20)29-14-17(11-24(29)31)25(32)27-13-21-3-2-10-34-21/h2-10,12,17H,11,13-15H2,1H3,(H,27,32)(H,28,30)/t17-/m1/s1. The molecule has 0 saturated carbocycles. The van der Waals surface area contributed by atoms with Crippen molar-refractivity contribution >= 4 is 52.0 Å². The third-order valence-electron chi connectivity index (χ3n) is 5.49. The second-order valence-corrected chi connectivity index (χ2v) is 9.44. The van der Waals surface area contributed by atoms with Crippen molar-refractivity contribution in [2.75, 3.05) is 23.4 Å². The summed E-state index contributed by atoms with van der Waals surface area (Å²) in [5.74, 6) is -0.415. The molecule has 4 rings (SSSR count). The van der Waals surface area contributed by atoms with Crippen LogP contribution in [0.15, 0.2) is 60.0 Å². The van der Waals surface area contributed by atoms with Crippen molar-refractivity contribution in [1.29, 1.82) is 0 Å². The average molecular weight is 498 g/mol. The van der Waals surface area contributed by atoms with Crippen LogP contribution in [0.5, 0.6) is 5.75 Å². The third-order valence-corrected chi connectivity index (χ3v) is 6.77. The number of thiophene rings is 1. The molecule has 2 aromatic carbocycles. The second kappa shape index (κ2) is 10.7. The molecule has 0 unspecified atom stereocenters. The summed E-state index contributed by atoms with van der Waals surface area (Å²) in [6.45, 7) is 2.52. The Hall–Kier alpha value is -3.36. The van der Waals surface area contributed by atoms with Crippen LogP contribution in [0.25, 0.3) is 0 Å². The fourth-order valence-corrected chi connectivity index (χ4v) is 4.43. The van der Waals surface area contributed by atoms with E-state index in [1.165, 1.54) is 0 Å². The van der Waals surface area contributed by atoms with E-state index in [0.717, 1.165) is 10.4 Å². The van der Waals surface area contributed by atoms with E-state index in [2.05, 4.69) is 10.6 Å². The predicted octanol–water partition coefficient (Wildman–Crippen LogP) is 4.40. The zero-order valence-corrected chi connectivity index (χ0v) is 20.1. The van der Waals surface area contributed by atoms with Gasteiger partial charge in [-0.1, -0.05) is 23.7 Å². The van der Waals surface area contributed by atoms with Crippen LogP contribution >= 0.6 is 22.9 Å². The molecule has 1 fully saturated rings. The van der Waals surface area contributed by atoms with Crippen molar-refractivity contribution in [2.45, 2.75) is 19.9 Å². The van der Waals surface area contributed by atoms with Gasteiger partial charge in [0.05, 0.1) is 12.5 Å². The number of anilines is 2. The van der Waals surface area contributed by atoms with Crippen LogP contribution in [0.3, 0.4) is 0 Å². The monoisotopic (exact) mass is 497 g/mol. The molecule has 3 aromatic rings. The molecule has 1 aliphatic heterocycles. The number of nitrogens with one attached hydrogen (secondary N) is 2. The Morgan fingerprint density at radius 1 is 1.18 bits per heavy atom. The lowest BCUT2D eigenvalue weighted by Gasteiger charge is -2.17. The van der Waals surface area contributed by atoms with Crippen molar-refractivity contribution in [1.82, 2.24) is 5.32 Å². The normalized spacial score (nSPS) is 15.3. The van der Waals surface area contributed by atoms with Gasteiger partial charge >= 0.3 is 0 Å². The van der Waals surface area contributed by atoms with Crippen LogP contribution in [0.4, 0.5) is 11.4 Å². The third kappa shape index (κ3) is 5.95. The molecule has 1 saturated heterocycles. The SMILES string of the molecule is Cc1ccc(NC(=O)COc2ccc(N3C[C@H](C(=O)NCc4cccs4)CC3=O)cc2)cc1Cl. The summed E-state index contributed by atoms with van der Waals surface area (Å²) in [4.78, 5) is 39.8. The fourth-order valence-electron chi connectivity index (χ4n) is 3.60. The minimum absolute atomic E-state index is 0.0962. The number of benzene rings is 2. The van der Waals surface area contributed by atoms with E-state index >= 15 is 0 Å². The fraction of sp³-hybridized carbons (Fsp3) is 0.240. The van der Waals surface area contributed by atoms with Crippen molar-refractivity contribution in [2.24, 2.45) is 5.92 Å². The van der Waals surface area contributed by atoms with E-state index in [0.29, 0.717) is 35.2 Å². The van der Waals surface area contributed by atoms with Crippen LogP contribution in [-0.2, 0) is 20.9 Å². The highest BCUT2D eigenvalue weighted by Gasteiger charge is 2.35. The van der Waals surface area contributed by atoms with Crippen molar-refractivity contribution in [3.63, 3.8) is 0 Å². The van der Waals surface area contributed by atoms with Crippen LogP contribution in [0.1, 0.15) is 16.9 Å². The maximum absolute atomic E-state index is 12.5. The molecule has 2 N–H and O–H groups in total. The Balaban J connectivity index is 1.27. The molecule has 7 nitrogen and oxygen atoms in total. The first-order valence-corrected chi connectivity index (χ1v) is 12.0. The van der Waals surface area contributed by atoms with Crippen LogP contribution in [0.2, 0.25) is 5.02 Å². The minimum atomic E-state index is -0.387. The Labute approximate surface area is 206 Å². The van der Waals surface area contributed by atoms with Crippen LogP contribution < -0.4 is 20.3 Å². The maximum Gasteiger partial charge on any atom is 0.262 e. The number of aryl methyl sites for hydroxylation is 1. The molecule has 3 amide bonds. The molecule has 2 heterocycles. The van der Waals surface area contributed by atoms with Crippen molar-refractivity contribution in [3.05, 3.63) is 75.4 Å². The summed E-state index contributed by atoms with van der Waals surface area (Å²) in [6.07, 6.45) is 0.178. The van der Waals surface area contributed by atoms with Gasteiger partial charge in [-0.3, -0.25) is 14.4 Å². The molecule has 1 aromatic heterocycles. The molecule has 0 spiro atoms. The van der Waals surface area contributed by atoms with Crippen LogP contribution in [-0.4, -0.2) is 30.9 Å². The number of ether oxygens (including phenoxy) is 1. The molecule has 0 bridgehead atoms. The van der Waals surface area contributed by atoms with Crippen molar-refractivity contribution in [3.8, 4) is 5.75 Å². The van der Waals surface area contributed by atoms with Gasteiger partial charge < -0.3 is 20.3 Å². The Morgan fingerprint density at radius 3 is 2.68 bits per heavy atom. The smallest absolute Gasteiger partial charge is 0.262 e. The number of carbonyl (C=O) groups excluding carboxylic acids is 3. The first-order valence-electron chi connectivity index (χ1n) is 10.8. The molecule has 176 valence electrons. The maximum atomic E-state index is 12.5. The summed E-state index contributed by atoms with van der Waals surface area (Å²) in [7, 11) is 0. The first kappa shape index (κ1) is 23.8. The summed E-state index contributed by atoms with van der Waals surface area (Å²) in [5.41, 5.74) is 2.21. The topological polar surface area (TPSA) is 87.7 Å². The molecule has 0 radical (unpaired) electrons. The van der Waals surface area contributed by atoms with Crippen molar-refractivity contribution < 1.29 is 19.1 Å². The highest BCUT2D eigenvalue weighted by molar-refractivity contribution is 7.09. The first-order chi connectivity index (χ1) is 16.4. The van der Waals surface area contributed by atoms with Crippen LogP contribution in [0, 0.1) is 12.8 Å². The van der Waals surface area contributed by atoms with E-state index in [1.54, 1.807) is 52.6 Å². The predicted molar refractivity (Wildman–Crippen MR) is 133 cm³/mol. The Morgan fingerprint density at radius 2 is 1.97 bits per heavy atom. The second-order valence-electron chi connectivity index (χ2n) is 8.00. The summed E-state index contributed by atoms with van der Waals surface area (Å²) >= 11 is 7.66. The van der Waals surface area contributed by atoms with E-state index < -0.39 is 0 Å². The van der Waals surface area contributed by atoms with Gasteiger partial charge in [-0.05, 0) is 60.3 Å². The number of nitrogens with zero attached hydrogens (tertiary/aromatic N) is 1. The lowest BCUT2D eigenvalue weighted by atomic mass is 10.1. The Bertz CT molecular complexity index is 1180. The number of rotatable bonds is 8. The number of hydrogen-bond acceptors (Lipinski definition) is 5. The van der Waals surface area contributed by atoms with Gasteiger partial charge in [0.1, 0.15) is 5.75 Å². The Kier molecular flexibility index (Phi) is 7.49. The number of hydrogen-bond donors (Lipinski definition) is 2. The lowest BCUT2D eigenvalue weighted by molar-refractivity contribution is -0.126. The van der Waals surface area contributed by atoms with Gasteiger partial charge in [-0.25, -0.2) is 0 Å². The zero-order chi connectivity index (χ0) is 24.1. The largest absolute Gasteiger partial charge is 0.484 e. The zero-order valence-electron chi connectivity index (χ0n) is 18.5.